The van der Waals surface area contributed by atoms with Gasteiger partial charge in [0, 0.05) is 0 Å². The summed E-state index contributed by atoms with van der Waals surface area (Å²) in [4.78, 5) is 12.1. The van der Waals surface area contributed by atoms with Gasteiger partial charge in [-0.1, -0.05) is 18.2 Å². The molecule has 0 radical (unpaired) electrons. The van der Waals surface area contributed by atoms with Gasteiger partial charge < -0.3 is 19.5 Å². The second-order valence-corrected chi connectivity index (χ2v) is 5.47. The van der Waals surface area contributed by atoms with E-state index < -0.39 is 6.10 Å². The fourth-order valence-corrected chi connectivity index (χ4v) is 2.05. The molecule has 0 saturated heterocycles. The maximum atomic E-state index is 12.1. The van der Waals surface area contributed by atoms with E-state index in [4.69, 9.17) is 14.2 Å². The van der Waals surface area contributed by atoms with Crippen LogP contribution in [0.4, 0.5) is 0 Å². The van der Waals surface area contributed by atoms with Gasteiger partial charge in [0.05, 0.1) is 13.2 Å². The van der Waals surface area contributed by atoms with E-state index in [0.29, 0.717) is 12.4 Å². The van der Waals surface area contributed by atoms with E-state index >= 15 is 0 Å². The van der Waals surface area contributed by atoms with E-state index in [0.717, 1.165) is 11.5 Å². The van der Waals surface area contributed by atoms with Crippen molar-refractivity contribution in [3.8, 4) is 17.2 Å². The molecular weight excluding hydrogens is 306 g/mol. The second kappa shape index (κ2) is 8.82. The number of para-hydroxylation sites is 1. The van der Waals surface area contributed by atoms with Crippen molar-refractivity contribution < 1.29 is 19.0 Å². The van der Waals surface area contributed by atoms with Crippen molar-refractivity contribution in [1.29, 1.82) is 0 Å². The molecule has 2 rings (SSSR count). The van der Waals surface area contributed by atoms with Crippen molar-refractivity contribution in [2.45, 2.75) is 26.0 Å². The van der Waals surface area contributed by atoms with Crippen molar-refractivity contribution in [1.82, 2.24) is 5.32 Å². The molecule has 5 nitrogen and oxygen atoms in total. The molecule has 24 heavy (non-hydrogen) atoms. The highest BCUT2D eigenvalue weighted by molar-refractivity contribution is 5.80. The summed E-state index contributed by atoms with van der Waals surface area (Å²) >= 11 is 0. The fraction of sp³-hybridized carbons (Fsp3) is 0.316. The molecule has 2 aromatic carbocycles. The van der Waals surface area contributed by atoms with E-state index in [-0.39, 0.29) is 11.9 Å². The zero-order chi connectivity index (χ0) is 17.4. The standard InChI is InChI=1S/C19H23NO4/c1-14(13-23-17-11-9-16(22-3)10-12-17)20-19(21)15(2)24-18-7-5-4-6-8-18/h4-12,14-15H,13H2,1-3H3,(H,20,21). The van der Waals surface area contributed by atoms with E-state index in [2.05, 4.69) is 5.32 Å². The summed E-state index contributed by atoms with van der Waals surface area (Å²) in [6, 6.07) is 16.4. The molecule has 0 aliphatic carbocycles. The van der Waals surface area contributed by atoms with Crippen molar-refractivity contribution in [2.75, 3.05) is 13.7 Å². The Hall–Kier alpha value is -2.69. The van der Waals surface area contributed by atoms with Gasteiger partial charge in [-0.05, 0) is 50.2 Å². The average molecular weight is 329 g/mol. The number of hydrogen-bond acceptors (Lipinski definition) is 4. The van der Waals surface area contributed by atoms with Gasteiger partial charge >= 0.3 is 0 Å². The van der Waals surface area contributed by atoms with Crippen LogP contribution in [0.3, 0.4) is 0 Å². The molecule has 0 aliphatic rings. The highest BCUT2D eigenvalue weighted by Crippen LogP contribution is 2.17. The van der Waals surface area contributed by atoms with Gasteiger partial charge in [-0.2, -0.15) is 0 Å². The Bertz CT molecular complexity index is 628. The van der Waals surface area contributed by atoms with Crippen LogP contribution < -0.4 is 19.5 Å². The maximum absolute atomic E-state index is 12.1. The number of rotatable bonds is 8. The highest BCUT2D eigenvalue weighted by atomic mass is 16.5. The molecular formula is C19H23NO4. The molecule has 2 aromatic rings. The highest BCUT2D eigenvalue weighted by Gasteiger charge is 2.17. The SMILES string of the molecule is COc1ccc(OCC(C)NC(=O)C(C)Oc2ccccc2)cc1. The number of carbonyl (C=O) groups excluding carboxylic acids is 1. The zero-order valence-electron chi connectivity index (χ0n) is 14.2. The lowest BCUT2D eigenvalue weighted by atomic mass is 10.3. The zero-order valence-corrected chi connectivity index (χ0v) is 14.2. The van der Waals surface area contributed by atoms with Crippen LogP contribution >= 0.6 is 0 Å². The molecule has 0 saturated carbocycles. The summed E-state index contributed by atoms with van der Waals surface area (Å²) in [5.41, 5.74) is 0. The van der Waals surface area contributed by atoms with Crippen LogP contribution in [-0.4, -0.2) is 31.8 Å². The van der Waals surface area contributed by atoms with E-state index in [1.807, 2.05) is 61.5 Å². The molecule has 0 aromatic heterocycles. The van der Waals surface area contributed by atoms with Gasteiger partial charge in [0.1, 0.15) is 23.9 Å². The van der Waals surface area contributed by atoms with Crippen molar-refractivity contribution in [3.05, 3.63) is 54.6 Å². The third kappa shape index (κ3) is 5.50. The number of hydrogen-bond donors (Lipinski definition) is 1. The predicted molar refractivity (Wildman–Crippen MR) is 92.6 cm³/mol. The van der Waals surface area contributed by atoms with Crippen LogP contribution in [0.2, 0.25) is 0 Å². The summed E-state index contributed by atoms with van der Waals surface area (Å²) in [7, 11) is 1.62. The Balaban J connectivity index is 1.76. The van der Waals surface area contributed by atoms with Crippen LogP contribution in [0.1, 0.15) is 13.8 Å². The van der Waals surface area contributed by atoms with Crippen molar-refractivity contribution in [3.63, 3.8) is 0 Å². The lowest BCUT2D eigenvalue weighted by molar-refractivity contribution is -0.128. The Morgan fingerprint density at radius 3 is 2.21 bits per heavy atom. The number of methoxy groups -OCH3 is 1. The quantitative estimate of drug-likeness (QED) is 0.809. The molecule has 1 amide bonds. The minimum absolute atomic E-state index is 0.138. The van der Waals surface area contributed by atoms with Crippen molar-refractivity contribution in [2.24, 2.45) is 0 Å². The Labute approximate surface area is 142 Å². The first-order chi connectivity index (χ1) is 11.6. The number of amides is 1. The summed E-state index contributed by atoms with van der Waals surface area (Å²) in [5, 5.41) is 2.88. The fourth-order valence-electron chi connectivity index (χ4n) is 2.05. The Morgan fingerprint density at radius 2 is 1.58 bits per heavy atom. The van der Waals surface area contributed by atoms with Gasteiger partial charge in [-0.25, -0.2) is 0 Å². The molecule has 128 valence electrons. The second-order valence-electron chi connectivity index (χ2n) is 5.47. The normalized spacial score (nSPS) is 12.8. The smallest absolute Gasteiger partial charge is 0.261 e. The van der Waals surface area contributed by atoms with E-state index in [9.17, 15) is 4.79 Å². The third-order valence-corrected chi connectivity index (χ3v) is 3.37. The first kappa shape index (κ1) is 17.7. The lowest BCUT2D eigenvalue weighted by Crippen LogP contribution is -2.43. The largest absolute Gasteiger partial charge is 0.497 e. The Kier molecular flexibility index (Phi) is 6.49. The maximum Gasteiger partial charge on any atom is 0.261 e. The number of ether oxygens (including phenoxy) is 3. The molecule has 0 spiro atoms. The monoisotopic (exact) mass is 329 g/mol. The molecule has 0 fully saturated rings. The molecule has 1 N–H and O–H groups in total. The van der Waals surface area contributed by atoms with Gasteiger partial charge in [0.25, 0.3) is 5.91 Å². The van der Waals surface area contributed by atoms with Gasteiger partial charge in [-0.3, -0.25) is 4.79 Å². The van der Waals surface area contributed by atoms with Crippen molar-refractivity contribution >= 4 is 5.91 Å². The number of carbonyl (C=O) groups is 1. The van der Waals surface area contributed by atoms with Crippen LogP contribution in [0.5, 0.6) is 17.2 Å². The summed E-state index contributed by atoms with van der Waals surface area (Å²) in [6.07, 6.45) is -0.573. The summed E-state index contributed by atoms with van der Waals surface area (Å²) in [5.74, 6) is 1.99. The van der Waals surface area contributed by atoms with Gasteiger partial charge in [0.2, 0.25) is 0 Å². The molecule has 2 unspecified atom stereocenters. The average Bonchev–Trinajstić information content (AvgIpc) is 2.61. The van der Waals surface area contributed by atoms with Crippen LogP contribution in [0.15, 0.2) is 54.6 Å². The van der Waals surface area contributed by atoms with Crippen LogP contribution in [-0.2, 0) is 4.79 Å². The first-order valence-corrected chi connectivity index (χ1v) is 7.87. The van der Waals surface area contributed by atoms with Gasteiger partial charge in [0.15, 0.2) is 6.10 Å². The van der Waals surface area contributed by atoms with E-state index in [1.54, 1.807) is 14.0 Å². The minimum Gasteiger partial charge on any atom is -0.497 e. The number of nitrogens with one attached hydrogen (secondary N) is 1. The van der Waals surface area contributed by atoms with Crippen LogP contribution in [0, 0.1) is 0 Å². The molecule has 2 atom stereocenters. The molecule has 5 heteroatoms. The topological polar surface area (TPSA) is 56.8 Å². The lowest BCUT2D eigenvalue weighted by Gasteiger charge is -2.19. The summed E-state index contributed by atoms with van der Waals surface area (Å²) < 4.78 is 16.3. The molecule has 0 aliphatic heterocycles. The number of benzene rings is 2. The third-order valence-electron chi connectivity index (χ3n) is 3.37. The van der Waals surface area contributed by atoms with Crippen LogP contribution in [0.25, 0.3) is 0 Å². The predicted octanol–water partition coefficient (Wildman–Crippen LogP) is 3.05. The van der Waals surface area contributed by atoms with Gasteiger partial charge in [-0.15, -0.1) is 0 Å². The molecule has 0 heterocycles. The summed E-state index contributed by atoms with van der Waals surface area (Å²) in [6.45, 7) is 3.98. The van der Waals surface area contributed by atoms with E-state index in [1.165, 1.54) is 0 Å². The minimum atomic E-state index is -0.573. The Morgan fingerprint density at radius 1 is 0.958 bits per heavy atom. The first-order valence-electron chi connectivity index (χ1n) is 7.87. The molecule has 0 bridgehead atoms.